The van der Waals surface area contributed by atoms with Crippen LogP contribution >= 0.6 is 0 Å². The maximum atomic E-state index is 12.3. The van der Waals surface area contributed by atoms with Crippen LogP contribution in [-0.4, -0.2) is 22.5 Å². The van der Waals surface area contributed by atoms with Gasteiger partial charge in [-0.15, -0.1) is 0 Å². The first-order valence-corrected chi connectivity index (χ1v) is 7.18. The van der Waals surface area contributed by atoms with Crippen LogP contribution < -0.4 is 5.32 Å². The molecule has 1 fully saturated rings. The van der Waals surface area contributed by atoms with E-state index in [4.69, 9.17) is 5.11 Å². The van der Waals surface area contributed by atoms with E-state index in [-0.39, 0.29) is 12.3 Å². The molecule has 108 valence electrons. The van der Waals surface area contributed by atoms with E-state index in [1.807, 2.05) is 12.1 Å². The molecule has 0 bridgehead atoms. The Labute approximate surface area is 119 Å². The fraction of sp³-hybridized carbons (Fsp3) is 0.500. The van der Waals surface area contributed by atoms with Crippen molar-refractivity contribution in [3.63, 3.8) is 0 Å². The minimum Gasteiger partial charge on any atom is -0.481 e. The molecule has 0 aromatic heterocycles. The van der Waals surface area contributed by atoms with Crippen molar-refractivity contribution in [3.8, 4) is 0 Å². The lowest BCUT2D eigenvalue weighted by Gasteiger charge is -2.28. The van der Waals surface area contributed by atoms with Crippen LogP contribution in [0.3, 0.4) is 0 Å². The van der Waals surface area contributed by atoms with Gasteiger partial charge in [0.2, 0.25) is 0 Å². The van der Waals surface area contributed by atoms with Gasteiger partial charge < -0.3 is 10.4 Å². The van der Waals surface area contributed by atoms with Gasteiger partial charge >= 0.3 is 5.97 Å². The van der Waals surface area contributed by atoms with Crippen molar-refractivity contribution in [2.75, 3.05) is 0 Å². The molecule has 20 heavy (non-hydrogen) atoms. The van der Waals surface area contributed by atoms with Crippen molar-refractivity contribution in [2.24, 2.45) is 0 Å². The highest BCUT2D eigenvalue weighted by Gasteiger charge is 2.37. The molecule has 0 spiro atoms. The highest BCUT2D eigenvalue weighted by atomic mass is 16.4. The molecular weight excluding hydrogens is 254 g/mol. The molecule has 1 aromatic carbocycles. The summed E-state index contributed by atoms with van der Waals surface area (Å²) in [5.74, 6) is -1.02. The number of rotatable bonds is 5. The van der Waals surface area contributed by atoms with Crippen LogP contribution in [0, 0.1) is 0 Å². The molecule has 1 aliphatic carbocycles. The van der Waals surface area contributed by atoms with E-state index in [1.165, 1.54) is 5.56 Å². The van der Waals surface area contributed by atoms with Crippen molar-refractivity contribution >= 4 is 11.9 Å². The second-order valence-electron chi connectivity index (χ2n) is 5.56. The van der Waals surface area contributed by atoms with Gasteiger partial charge in [-0.05, 0) is 37.0 Å². The van der Waals surface area contributed by atoms with Crippen molar-refractivity contribution < 1.29 is 14.7 Å². The molecule has 1 amide bonds. The van der Waals surface area contributed by atoms with E-state index in [0.29, 0.717) is 5.56 Å². The third-order valence-corrected chi connectivity index (χ3v) is 4.05. The Bertz CT molecular complexity index is 487. The van der Waals surface area contributed by atoms with E-state index in [1.54, 1.807) is 12.1 Å². The van der Waals surface area contributed by atoms with Gasteiger partial charge in [0.1, 0.15) is 0 Å². The molecule has 0 saturated heterocycles. The third kappa shape index (κ3) is 3.38. The maximum absolute atomic E-state index is 12.3. The molecule has 2 rings (SSSR count). The van der Waals surface area contributed by atoms with Crippen LogP contribution in [-0.2, 0) is 11.2 Å². The van der Waals surface area contributed by atoms with Gasteiger partial charge in [0.05, 0.1) is 12.0 Å². The zero-order valence-corrected chi connectivity index (χ0v) is 11.8. The number of carbonyl (C=O) groups excluding carboxylic acids is 1. The highest BCUT2D eigenvalue weighted by Crippen LogP contribution is 2.33. The SMILES string of the molecule is CCc1ccc(C(=O)NC2(CC(=O)O)CCCC2)cc1. The number of aryl methyl sites for hydroxylation is 1. The van der Waals surface area contributed by atoms with Crippen molar-refractivity contribution in [1.82, 2.24) is 5.32 Å². The molecule has 0 heterocycles. The average molecular weight is 275 g/mol. The van der Waals surface area contributed by atoms with Crippen LogP contribution in [0.1, 0.15) is 54.9 Å². The van der Waals surface area contributed by atoms with Gasteiger partial charge in [0.25, 0.3) is 5.91 Å². The van der Waals surface area contributed by atoms with E-state index >= 15 is 0 Å². The molecular formula is C16H21NO3. The molecule has 0 radical (unpaired) electrons. The van der Waals surface area contributed by atoms with E-state index in [9.17, 15) is 9.59 Å². The first kappa shape index (κ1) is 14.6. The largest absolute Gasteiger partial charge is 0.481 e. The summed E-state index contributed by atoms with van der Waals surface area (Å²) >= 11 is 0. The Morgan fingerprint density at radius 2 is 1.80 bits per heavy atom. The van der Waals surface area contributed by atoms with Crippen LogP contribution in [0.25, 0.3) is 0 Å². The molecule has 1 saturated carbocycles. The number of carboxylic acids is 1. The normalized spacial score (nSPS) is 16.9. The predicted octanol–water partition coefficient (Wildman–Crippen LogP) is 2.77. The number of nitrogens with one attached hydrogen (secondary N) is 1. The Kier molecular flexibility index (Phi) is 4.42. The van der Waals surface area contributed by atoms with Gasteiger partial charge in [-0.1, -0.05) is 31.9 Å². The Balaban J connectivity index is 2.09. The molecule has 1 aromatic rings. The Morgan fingerprint density at radius 1 is 1.20 bits per heavy atom. The summed E-state index contributed by atoms with van der Waals surface area (Å²) in [6, 6.07) is 7.48. The fourth-order valence-corrected chi connectivity index (χ4v) is 2.89. The Morgan fingerprint density at radius 3 is 2.30 bits per heavy atom. The van der Waals surface area contributed by atoms with E-state index in [0.717, 1.165) is 32.1 Å². The number of carbonyl (C=O) groups is 2. The van der Waals surface area contributed by atoms with Crippen molar-refractivity contribution in [2.45, 2.75) is 51.0 Å². The zero-order chi connectivity index (χ0) is 14.6. The van der Waals surface area contributed by atoms with Crippen LogP contribution in [0.5, 0.6) is 0 Å². The molecule has 4 nitrogen and oxygen atoms in total. The molecule has 4 heteroatoms. The fourth-order valence-electron chi connectivity index (χ4n) is 2.89. The van der Waals surface area contributed by atoms with Gasteiger partial charge in [-0.3, -0.25) is 9.59 Å². The molecule has 0 unspecified atom stereocenters. The number of hydrogen-bond donors (Lipinski definition) is 2. The maximum Gasteiger partial charge on any atom is 0.305 e. The van der Waals surface area contributed by atoms with Crippen LogP contribution in [0.2, 0.25) is 0 Å². The van der Waals surface area contributed by atoms with Gasteiger partial charge in [-0.2, -0.15) is 0 Å². The Hall–Kier alpha value is -1.84. The van der Waals surface area contributed by atoms with Crippen molar-refractivity contribution in [1.29, 1.82) is 0 Å². The topological polar surface area (TPSA) is 66.4 Å². The summed E-state index contributed by atoms with van der Waals surface area (Å²) in [5.41, 5.74) is 1.22. The number of amides is 1. The number of carboxylic acid groups (broad SMARTS) is 1. The smallest absolute Gasteiger partial charge is 0.305 e. The molecule has 1 aliphatic rings. The van der Waals surface area contributed by atoms with E-state index < -0.39 is 11.5 Å². The lowest BCUT2D eigenvalue weighted by atomic mass is 9.92. The lowest BCUT2D eigenvalue weighted by Crippen LogP contribution is -2.47. The molecule has 2 N–H and O–H groups in total. The van der Waals surface area contributed by atoms with Gasteiger partial charge in [-0.25, -0.2) is 0 Å². The summed E-state index contributed by atoms with van der Waals surface area (Å²) in [7, 11) is 0. The molecule has 0 atom stereocenters. The molecule has 0 aliphatic heterocycles. The zero-order valence-electron chi connectivity index (χ0n) is 11.8. The van der Waals surface area contributed by atoms with Gasteiger partial charge in [0, 0.05) is 5.56 Å². The monoisotopic (exact) mass is 275 g/mol. The second kappa shape index (κ2) is 6.07. The van der Waals surface area contributed by atoms with Gasteiger partial charge in [0.15, 0.2) is 0 Å². The number of benzene rings is 1. The quantitative estimate of drug-likeness (QED) is 0.868. The van der Waals surface area contributed by atoms with E-state index in [2.05, 4.69) is 12.2 Å². The minimum atomic E-state index is -0.853. The first-order valence-electron chi connectivity index (χ1n) is 7.18. The summed E-state index contributed by atoms with van der Waals surface area (Å²) in [6.45, 7) is 2.06. The summed E-state index contributed by atoms with van der Waals surface area (Å²) in [6.07, 6.45) is 4.39. The second-order valence-corrected chi connectivity index (χ2v) is 5.56. The predicted molar refractivity (Wildman–Crippen MR) is 76.7 cm³/mol. The first-order chi connectivity index (χ1) is 9.54. The highest BCUT2D eigenvalue weighted by molar-refractivity contribution is 5.95. The van der Waals surface area contributed by atoms with Crippen LogP contribution in [0.4, 0.5) is 0 Å². The third-order valence-electron chi connectivity index (χ3n) is 4.05. The number of hydrogen-bond acceptors (Lipinski definition) is 2. The average Bonchev–Trinajstić information content (AvgIpc) is 2.86. The van der Waals surface area contributed by atoms with Crippen LogP contribution in [0.15, 0.2) is 24.3 Å². The van der Waals surface area contributed by atoms with Crippen molar-refractivity contribution in [3.05, 3.63) is 35.4 Å². The lowest BCUT2D eigenvalue weighted by molar-refractivity contribution is -0.138. The standard InChI is InChI=1S/C16H21NO3/c1-2-12-5-7-13(8-6-12)15(20)17-16(11-14(18)19)9-3-4-10-16/h5-8H,2-4,9-11H2,1H3,(H,17,20)(H,18,19). The minimum absolute atomic E-state index is 0.00574. The summed E-state index contributed by atoms with van der Waals surface area (Å²) < 4.78 is 0. The number of aliphatic carboxylic acids is 1. The summed E-state index contributed by atoms with van der Waals surface area (Å²) in [5, 5.41) is 12.0. The summed E-state index contributed by atoms with van der Waals surface area (Å²) in [4.78, 5) is 23.3.